The number of tetrazole rings is 1. The summed E-state index contributed by atoms with van der Waals surface area (Å²) in [4.78, 5) is 85.0. The predicted octanol–water partition coefficient (Wildman–Crippen LogP) is -0.0551. The number of alkyl halides is 3. The highest BCUT2D eigenvalue weighted by Gasteiger charge is 2.61. The fourth-order valence-electron chi connectivity index (χ4n) is 13.8. The lowest BCUT2D eigenvalue weighted by Crippen LogP contribution is -2.43. The van der Waals surface area contributed by atoms with E-state index >= 15 is 0 Å². The van der Waals surface area contributed by atoms with E-state index in [0.29, 0.717) is 22.7 Å². The van der Waals surface area contributed by atoms with Gasteiger partial charge < -0.3 is 95.3 Å². The number of aliphatic hydroxyl groups excluding tert-OH is 7. The number of rotatable bonds is 23. The standard InChI is InChI=1S/C18H27ClN5O9PS.C17H22ClF3N5O8PS.C17H23ClN9O8PS/c1-8(25)17(34(28,29)30)35(31,32)6-10-12(26)13(27)16(33-10)24-7-20-11-14(21-9-4-2-3-5-9)22-18(19)23-15(11)24;18-16-24-12(23-7-3-1-2-4-7)9-13(25-16)26(6-22-9)14-11(28)10(27)8(34-14)5-36(32,33)15(17(19,20)21)35(29,30)31;18-17-21-12(20-7-3-1-2-4-7)9-14(22-17)27(6-19-9)15-11(29)10(28)8(35-15)5-37(33,34)16(36(30,31)32)13-23-25-26-24-13/h7-10,12-13,16-17,25-27H,2-6H2,1H3,(H,21,22,23)(H2,28,29,30);6-8,10-11,14-15,27-28H,1-5H2,(H,23,24,25)(H2,29,30,31);6-8,10-11,15-16,28-29H,1-5H2,(H,20,21,22)(H2,30,31,32)(H,23,24,25,26)/t8?,10-,12-,13-,16-,17?;8-,10-,11-,14-,15?;8-,10-,11-,15-,16?/m111/s1. The van der Waals surface area contributed by atoms with Crippen LogP contribution in [0.5, 0.6) is 0 Å². The number of nitrogens with zero attached hydrogens (tertiary/aromatic N) is 15. The second-order valence-corrected chi connectivity index (χ2v) is 40.0. The average molecular weight is 1720 g/mol. The fourth-order valence-corrected chi connectivity index (χ4v) is 25.6. The Kier molecular flexibility index (Phi) is 25.0. The number of aromatic nitrogens is 16. The largest absolute Gasteiger partial charge is 0.417 e. The summed E-state index contributed by atoms with van der Waals surface area (Å²) < 4.78 is 171. The molecule has 3 aliphatic carbocycles. The second-order valence-electron chi connectivity index (χ2n) is 26.4. The van der Waals surface area contributed by atoms with Gasteiger partial charge in [0.25, 0.3) is 4.99 Å². The van der Waals surface area contributed by atoms with Gasteiger partial charge in [0.05, 0.1) is 42.3 Å². The van der Waals surface area contributed by atoms with Crippen LogP contribution in [-0.4, -0.2) is 282 Å². The number of ether oxygens (including phenoxy) is 3. The molecule has 3 aliphatic heterocycles. The molecule has 0 aromatic carbocycles. The average Bonchev–Trinajstić information content (AvgIpc) is 1.67. The third-order valence-electron chi connectivity index (χ3n) is 18.6. The van der Waals surface area contributed by atoms with Gasteiger partial charge in [0.1, 0.15) is 54.9 Å². The normalized spacial score (nSPS) is 27.1. The quantitative estimate of drug-likeness (QED) is 0.0295. The number of fused-ring (bicyclic) bond motifs is 3. The van der Waals surface area contributed by atoms with Crippen LogP contribution in [0.1, 0.15) is 113 Å². The van der Waals surface area contributed by atoms with Gasteiger partial charge in [0.2, 0.25) is 26.7 Å². The van der Waals surface area contributed by atoms with Crippen LogP contribution in [0.15, 0.2) is 19.0 Å². The van der Waals surface area contributed by atoms with Crippen molar-refractivity contribution in [2.24, 2.45) is 0 Å². The van der Waals surface area contributed by atoms with E-state index in [-0.39, 0.29) is 62.3 Å². The Morgan fingerprint density at radius 1 is 0.519 bits per heavy atom. The molecule has 3 saturated heterocycles. The molecule has 13 rings (SSSR count). The SMILES string of the molecule is CC(O)C(P(=O)(O)O)S(=O)(=O)C[C@H]1O[C@@H](n2cnc3c(NC4CCCC4)nc(Cl)nc32)[C@H](O)[C@@H]1O.O=P(O)(O)C(C(F)(F)F)S(=O)(=O)C[C@H]1O[C@@H](n2cnc3c(NC4CCCC4)nc(Cl)nc32)[C@H](O)[C@@H]1O.O=P(O)(O)C(c1nn[nH]n1)S(=O)(=O)C[C@H]1O[C@@H](n2cnc3c(NC4CCCC4)nc(Cl)nc32)[C@H](O)[C@@H]1O. The van der Waals surface area contributed by atoms with E-state index in [1.54, 1.807) is 0 Å². The zero-order chi connectivity index (χ0) is 78.9. The van der Waals surface area contributed by atoms with E-state index in [4.69, 9.17) is 58.8 Å². The lowest BCUT2D eigenvalue weighted by Gasteiger charge is -2.23. The van der Waals surface area contributed by atoms with Gasteiger partial charge in [0.15, 0.2) is 104 Å². The van der Waals surface area contributed by atoms with E-state index < -0.39 is 176 Å². The topological polar surface area (TPSA) is 666 Å². The van der Waals surface area contributed by atoms with Gasteiger partial charge in [-0.25, -0.2) is 40.2 Å². The van der Waals surface area contributed by atoms with Crippen molar-refractivity contribution in [3.63, 3.8) is 0 Å². The van der Waals surface area contributed by atoms with Crippen molar-refractivity contribution >= 4 is 138 Å². The maximum Gasteiger partial charge on any atom is 0.417 e. The molecule has 44 nitrogen and oxygen atoms in total. The first-order chi connectivity index (χ1) is 50.3. The molecule has 0 bridgehead atoms. The lowest BCUT2D eigenvalue weighted by atomic mass is 10.1. The molecule has 3 saturated carbocycles. The maximum absolute atomic E-state index is 13.2. The van der Waals surface area contributed by atoms with Gasteiger partial charge in [-0.15, -0.1) is 10.2 Å². The van der Waals surface area contributed by atoms with E-state index in [1.165, 1.54) is 21.8 Å². The monoisotopic (exact) mass is 1710 g/mol. The fraction of sp³-hybridized carbons (Fsp3) is 0.692. The molecule has 17 N–H and O–H groups in total. The van der Waals surface area contributed by atoms with E-state index in [9.17, 15) is 107 Å². The maximum atomic E-state index is 13.2. The van der Waals surface area contributed by atoms with Crippen LogP contribution in [0.25, 0.3) is 33.5 Å². The van der Waals surface area contributed by atoms with Crippen LogP contribution in [0.4, 0.5) is 30.6 Å². The van der Waals surface area contributed by atoms with Crippen LogP contribution < -0.4 is 16.0 Å². The van der Waals surface area contributed by atoms with Gasteiger partial charge >= 0.3 is 29.0 Å². The number of hydrogen-bond acceptors (Lipinski definition) is 34. The van der Waals surface area contributed by atoms with Gasteiger partial charge in [-0.05, 0) is 80.3 Å². The third kappa shape index (κ3) is 18.2. The molecule has 7 aromatic heterocycles. The minimum absolute atomic E-state index is 0.0265. The molecule has 600 valence electrons. The van der Waals surface area contributed by atoms with E-state index in [2.05, 4.69) is 76.2 Å². The van der Waals surface area contributed by atoms with Crippen molar-refractivity contribution in [2.45, 2.75) is 203 Å². The molecule has 4 unspecified atom stereocenters. The van der Waals surface area contributed by atoms with Crippen molar-refractivity contribution in [3.8, 4) is 0 Å². The van der Waals surface area contributed by atoms with E-state index in [0.717, 1.165) is 94.9 Å². The predicted molar refractivity (Wildman–Crippen MR) is 366 cm³/mol. The smallest absolute Gasteiger partial charge is 0.391 e. The van der Waals surface area contributed by atoms with Crippen LogP contribution in [0.3, 0.4) is 0 Å². The molecule has 0 amide bonds. The summed E-state index contributed by atoms with van der Waals surface area (Å²) in [5.41, 5.74) is 1.24. The Bertz CT molecular complexity index is 4900. The molecule has 0 spiro atoms. The van der Waals surface area contributed by atoms with Crippen molar-refractivity contribution in [1.82, 2.24) is 79.2 Å². The molecule has 6 aliphatic rings. The number of halogens is 6. The minimum atomic E-state index is -6.20. The number of anilines is 3. The first kappa shape index (κ1) is 83.6. The van der Waals surface area contributed by atoms with Crippen LogP contribution >= 0.6 is 57.6 Å². The van der Waals surface area contributed by atoms with Crippen LogP contribution in [0.2, 0.25) is 15.9 Å². The summed E-state index contributed by atoms with van der Waals surface area (Å²) in [7, 11) is -31.8. The molecule has 108 heavy (non-hydrogen) atoms. The number of nitrogens with one attached hydrogen (secondary N) is 4. The van der Waals surface area contributed by atoms with Gasteiger partial charge in [-0.3, -0.25) is 27.4 Å². The summed E-state index contributed by atoms with van der Waals surface area (Å²) in [6.45, 7) is 0.934. The van der Waals surface area contributed by atoms with Crippen molar-refractivity contribution in [3.05, 3.63) is 40.7 Å². The Balaban J connectivity index is 0.000000161. The summed E-state index contributed by atoms with van der Waals surface area (Å²) in [6.07, 6.45) is -12.0. The highest BCUT2D eigenvalue weighted by molar-refractivity contribution is 7.99. The molecule has 6 fully saturated rings. The number of imidazole rings is 3. The minimum Gasteiger partial charge on any atom is -0.391 e. The number of aromatic amines is 1. The summed E-state index contributed by atoms with van der Waals surface area (Å²) >= 11 is 18.3. The third-order valence-corrected chi connectivity index (χ3v) is 32.6. The molecular formula is C52H72Cl3F3N19O25P3S3. The summed E-state index contributed by atoms with van der Waals surface area (Å²) in [6, 6.07) is 0.491. The van der Waals surface area contributed by atoms with Gasteiger partial charge in [0, 0.05) is 18.1 Å². The number of aliphatic hydroxyl groups is 7. The Morgan fingerprint density at radius 2 is 0.843 bits per heavy atom. The zero-order valence-corrected chi connectivity index (χ0v) is 63.0. The van der Waals surface area contributed by atoms with Crippen molar-refractivity contribution in [1.29, 1.82) is 0 Å². The summed E-state index contributed by atoms with van der Waals surface area (Å²) in [5.74, 6) is -3.43. The Labute approximate surface area is 622 Å². The molecule has 10 heterocycles. The highest BCUT2D eigenvalue weighted by atomic mass is 35.5. The molecule has 16 atom stereocenters. The van der Waals surface area contributed by atoms with Gasteiger partial charge in [-0.2, -0.15) is 48.3 Å². The second kappa shape index (κ2) is 32.3. The number of sulfone groups is 3. The number of H-pyrrole nitrogens is 1. The van der Waals surface area contributed by atoms with Crippen molar-refractivity contribution < 1.29 is 131 Å². The first-order valence-corrected chi connectivity index (χ1v) is 44.0. The highest BCUT2D eigenvalue weighted by Crippen LogP contribution is 2.56. The van der Waals surface area contributed by atoms with Crippen molar-refractivity contribution in [2.75, 3.05) is 33.2 Å². The molecule has 56 heteroatoms. The zero-order valence-electron chi connectivity index (χ0n) is 55.6. The molecular weight excluding hydrogens is 1640 g/mol. The first-order valence-electron chi connectivity index (χ1n) is 32.7. The Morgan fingerprint density at radius 3 is 1.12 bits per heavy atom. The summed E-state index contributed by atoms with van der Waals surface area (Å²) in [5, 5.41) is 94.1. The van der Waals surface area contributed by atoms with Gasteiger partial charge in [-0.1, -0.05) is 43.7 Å². The molecule has 0 radical (unpaired) electrons. The Hall–Kier alpha value is -5.32. The van der Waals surface area contributed by atoms with E-state index in [1.807, 2.05) is 5.21 Å². The lowest BCUT2D eigenvalue weighted by molar-refractivity contribution is -0.118. The van der Waals surface area contributed by atoms with Crippen LogP contribution in [0, 0.1) is 0 Å². The molecule has 7 aromatic rings. The number of hydrogen-bond donors (Lipinski definition) is 17. The van der Waals surface area contributed by atoms with Crippen LogP contribution in [-0.2, 0) is 57.4 Å².